The molecule has 0 aliphatic carbocycles. The van der Waals surface area contributed by atoms with E-state index in [2.05, 4.69) is 46.6 Å². The molecule has 2 heterocycles. The first kappa shape index (κ1) is 18.7. The number of nitrogens with zero attached hydrogens (tertiary/aromatic N) is 1. The average molecular weight is 347 g/mol. The van der Waals surface area contributed by atoms with Crippen LogP contribution in [0.5, 0.6) is 5.75 Å². The van der Waals surface area contributed by atoms with Crippen LogP contribution >= 0.6 is 0 Å². The van der Waals surface area contributed by atoms with E-state index in [9.17, 15) is 0 Å². The van der Waals surface area contributed by atoms with Gasteiger partial charge >= 0.3 is 0 Å². The Morgan fingerprint density at radius 3 is 1.96 bits per heavy atom. The third kappa shape index (κ3) is 3.86. The Morgan fingerprint density at radius 1 is 0.920 bits per heavy atom. The fraction of sp³-hybridized carbons (Fsp3) is 0.714. The van der Waals surface area contributed by atoms with Crippen LogP contribution in [0.1, 0.15) is 47.5 Å². The first-order valence-corrected chi connectivity index (χ1v) is 9.26. The second-order valence-electron chi connectivity index (χ2n) is 9.44. The van der Waals surface area contributed by atoms with Gasteiger partial charge in [0.15, 0.2) is 5.79 Å². The zero-order chi connectivity index (χ0) is 18.3. The zero-order valence-electron chi connectivity index (χ0n) is 16.6. The molecule has 2 fully saturated rings. The lowest BCUT2D eigenvalue weighted by Gasteiger charge is -2.59. The minimum absolute atomic E-state index is 0.0377. The van der Waals surface area contributed by atoms with Gasteiger partial charge in [-0.05, 0) is 46.9 Å². The van der Waals surface area contributed by atoms with E-state index in [1.807, 2.05) is 30.3 Å². The Hall–Kier alpha value is -1.10. The summed E-state index contributed by atoms with van der Waals surface area (Å²) in [5, 5.41) is 0. The Kier molecular flexibility index (Phi) is 4.68. The molecule has 2 aliphatic rings. The van der Waals surface area contributed by atoms with Crippen molar-refractivity contribution in [1.82, 2.24) is 4.90 Å². The molecule has 25 heavy (non-hydrogen) atoms. The summed E-state index contributed by atoms with van der Waals surface area (Å²) in [6, 6.07) is 9.94. The predicted octanol–water partition coefficient (Wildman–Crippen LogP) is 4.10. The Morgan fingerprint density at radius 2 is 1.44 bits per heavy atom. The molecule has 3 rings (SSSR count). The van der Waals surface area contributed by atoms with Gasteiger partial charge in [0.1, 0.15) is 5.75 Å². The van der Waals surface area contributed by atoms with Crippen LogP contribution in [0.3, 0.4) is 0 Å². The van der Waals surface area contributed by atoms with Crippen LogP contribution in [0.15, 0.2) is 30.3 Å². The third-order valence-corrected chi connectivity index (χ3v) is 5.92. The van der Waals surface area contributed by atoms with Crippen LogP contribution in [0.4, 0.5) is 0 Å². The van der Waals surface area contributed by atoms with Crippen LogP contribution in [0.25, 0.3) is 0 Å². The first-order valence-electron chi connectivity index (χ1n) is 9.26. The quantitative estimate of drug-likeness (QED) is 0.824. The van der Waals surface area contributed by atoms with Crippen LogP contribution in [0.2, 0.25) is 0 Å². The van der Waals surface area contributed by atoms with Crippen LogP contribution in [-0.2, 0) is 9.47 Å². The summed E-state index contributed by atoms with van der Waals surface area (Å²) in [6.07, 6.45) is 1.77. The highest BCUT2D eigenvalue weighted by atomic mass is 16.7. The van der Waals surface area contributed by atoms with E-state index in [4.69, 9.17) is 14.2 Å². The SMILES string of the molecule is CN1C(C)(C)CC2(CC1(C)C)OCC(C)(COc1ccccc1)CO2. The number of piperidine rings is 1. The molecule has 1 aromatic carbocycles. The van der Waals surface area contributed by atoms with E-state index in [0.717, 1.165) is 18.6 Å². The minimum atomic E-state index is -0.480. The van der Waals surface area contributed by atoms with Gasteiger partial charge < -0.3 is 14.2 Å². The number of hydrogen-bond donors (Lipinski definition) is 0. The van der Waals surface area contributed by atoms with Crippen molar-refractivity contribution in [2.75, 3.05) is 26.9 Å². The van der Waals surface area contributed by atoms with E-state index >= 15 is 0 Å². The van der Waals surface area contributed by atoms with Crippen LogP contribution in [-0.4, -0.2) is 48.6 Å². The Bertz CT molecular complexity index is 568. The Labute approximate surface area is 152 Å². The number of ether oxygens (including phenoxy) is 3. The van der Waals surface area contributed by atoms with Crippen molar-refractivity contribution in [2.24, 2.45) is 5.41 Å². The molecular weight excluding hydrogens is 314 g/mol. The molecule has 4 heteroatoms. The molecule has 1 aromatic rings. The van der Waals surface area contributed by atoms with E-state index in [0.29, 0.717) is 19.8 Å². The smallest absolute Gasteiger partial charge is 0.171 e. The molecule has 2 aliphatic heterocycles. The lowest BCUT2D eigenvalue weighted by Crippen LogP contribution is -2.67. The molecule has 0 atom stereocenters. The molecular formula is C21H33NO3. The van der Waals surface area contributed by atoms with Gasteiger partial charge in [0.05, 0.1) is 19.8 Å². The number of hydrogen-bond acceptors (Lipinski definition) is 4. The molecule has 2 saturated heterocycles. The monoisotopic (exact) mass is 347 g/mol. The van der Waals surface area contributed by atoms with Gasteiger partial charge in [0, 0.05) is 29.3 Å². The molecule has 0 bridgehead atoms. The number of rotatable bonds is 3. The first-order chi connectivity index (χ1) is 11.6. The highest BCUT2D eigenvalue weighted by Gasteiger charge is 2.55. The molecule has 4 nitrogen and oxygen atoms in total. The summed E-state index contributed by atoms with van der Waals surface area (Å²) in [5.74, 6) is 0.414. The van der Waals surface area contributed by atoms with Crippen molar-refractivity contribution in [3.63, 3.8) is 0 Å². The van der Waals surface area contributed by atoms with E-state index in [-0.39, 0.29) is 16.5 Å². The van der Waals surface area contributed by atoms with Gasteiger partial charge in [-0.15, -0.1) is 0 Å². The van der Waals surface area contributed by atoms with Crippen molar-refractivity contribution in [1.29, 1.82) is 0 Å². The van der Waals surface area contributed by atoms with Gasteiger partial charge in [-0.1, -0.05) is 25.1 Å². The van der Waals surface area contributed by atoms with Crippen molar-refractivity contribution < 1.29 is 14.2 Å². The molecule has 0 amide bonds. The van der Waals surface area contributed by atoms with Crippen molar-refractivity contribution in [3.8, 4) is 5.75 Å². The standard InChI is InChI=1S/C21H33NO3/c1-18(2)12-21(13-19(3,4)22(18)6)24-15-20(5,16-25-21)14-23-17-10-8-7-9-11-17/h7-11H,12-16H2,1-6H3. The molecule has 0 radical (unpaired) electrons. The van der Waals surface area contributed by atoms with Gasteiger partial charge in [-0.25, -0.2) is 0 Å². The maximum atomic E-state index is 6.40. The summed E-state index contributed by atoms with van der Waals surface area (Å²) < 4.78 is 18.8. The highest BCUT2D eigenvalue weighted by Crippen LogP contribution is 2.47. The molecule has 1 spiro atoms. The molecule has 0 N–H and O–H groups in total. The van der Waals surface area contributed by atoms with E-state index < -0.39 is 5.79 Å². The largest absolute Gasteiger partial charge is 0.493 e. The summed E-state index contributed by atoms with van der Waals surface area (Å²) in [6.45, 7) is 13.2. The topological polar surface area (TPSA) is 30.9 Å². The number of likely N-dealkylation sites (tertiary alicyclic amines) is 1. The summed E-state index contributed by atoms with van der Waals surface area (Å²) in [4.78, 5) is 2.45. The lowest BCUT2D eigenvalue weighted by atomic mass is 9.75. The zero-order valence-corrected chi connectivity index (χ0v) is 16.6. The molecule has 0 aromatic heterocycles. The molecule has 0 saturated carbocycles. The van der Waals surface area contributed by atoms with Crippen molar-refractivity contribution >= 4 is 0 Å². The third-order valence-electron chi connectivity index (χ3n) is 5.92. The number of benzene rings is 1. The second-order valence-corrected chi connectivity index (χ2v) is 9.44. The predicted molar refractivity (Wildman–Crippen MR) is 99.8 cm³/mol. The fourth-order valence-corrected chi connectivity index (χ4v) is 4.19. The maximum absolute atomic E-state index is 6.40. The van der Waals surface area contributed by atoms with Gasteiger partial charge in [-0.2, -0.15) is 0 Å². The van der Waals surface area contributed by atoms with E-state index in [1.165, 1.54) is 0 Å². The number of para-hydroxylation sites is 1. The lowest BCUT2D eigenvalue weighted by molar-refractivity contribution is -0.341. The van der Waals surface area contributed by atoms with Gasteiger partial charge in [0.25, 0.3) is 0 Å². The average Bonchev–Trinajstić information content (AvgIpc) is 2.55. The summed E-state index contributed by atoms with van der Waals surface area (Å²) in [5.41, 5.74) is -0.0508. The van der Waals surface area contributed by atoms with Gasteiger partial charge in [-0.3, -0.25) is 4.90 Å². The summed E-state index contributed by atoms with van der Waals surface area (Å²) in [7, 11) is 2.20. The molecule has 0 unspecified atom stereocenters. The Balaban J connectivity index is 1.64. The fourth-order valence-electron chi connectivity index (χ4n) is 4.19. The van der Waals surface area contributed by atoms with Gasteiger partial charge in [0.2, 0.25) is 0 Å². The van der Waals surface area contributed by atoms with Crippen molar-refractivity contribution in [3.05, 3.63) is 30.3 Å². The van der Waals surface area contributed by atoms with Crippen LogP contribution < -0.4 is 4.74 Å². The van der Waals surface area contributed by atoms with Crippen molar-refractivity contribution in [2.45, 2.75) is 64.3 Å². The van der Waals surface area contributed by atoms with E-state index in [1.54, 1.807) is 0 Å². The maximum Gasteiger partial charge on any atom is 0.171 e. The normalized spacial score (nSPS) is 27.1. The highest BCUT2D eigenvalue weighted by molar-refractivity contribution is 5.21. The van der Waals surface area contributed by atoms with Crippen LogP contribution in [0, 0.1) is 5.41 Å². The molecule has 140 valence electrons. The minimum Gasteiger partial charge on any atom is -0.493 e. The summed E-state index contributed by atoms with van der Waals surface area (Å²) >= 11 is 0. The second kappa shape index (κ2) is 6.26.